The molecular formula is C11H15BrN2O. The fraction of sp³-hybridized carbons (Fsp3) is 0.636. The van der Waals surface area contributed by atoms with E-state index in [1.165, 1.54) is 6.42 Å². The zero-order valence-corrected chi connectivity index (χ0v) is 10.5. The quantitative estimate of drug-likeness (QED) is 0.789. The number of nitrogens with zero attached hydrogens (tertiary/aromatic N) is 2. The summed E-state index contributed by atoms with van der Waals surface area (Å²) in [4.78, 5) is 12.1. The van der Waals surface area contributed by atoms with Gasteiger partial charge in [0.25, 0.3) is 0 Å². The molecule has 3 nitrogen and oxygen atoms in total. The van der Waals surface area contributed by atoms with Crippen LogP contribution in [0.1, 0.15) is 43.1 Å². The van der Waals surface area contributed by atoms with E-state index in [-0.39, 0.29) is 11.7 Å². The molecule has 1 aliphatic rings. The maximum atomic E-state index is 12.1. The minimum absolute atomic E-state index is 0.244. The van der Waals surface area contributed by atoms with Gasteiger partial charge in [-0.1, -0.05) is 13.3 Å². The van der Waals surface area contributed by atoms with Gasteiger partial charge in [0.2, 0.25) is 0 Å². The minimum Gasteiger partial charge on any atom is -0.292 e. The maximum Gasteiger partial charge on any atom is 0.185 e. The lowest BCUT2D eigenvalue weighted by atomic mass is 9.81. The molecule has 0 amide bonds. The molecule has 0 spiro atoms. The highest BCUT2D eigenvalue weighted by atomic mass is 79.9. The first-order chi connectivity index (χ1) is 7.24. The van der Waals surface area contributed by atoms with Gasteiger partial charge < -0.3 is 0 Å². The van der Waals surface area contributed by atoms with Gasteiger partial charge in [-0.15, -0.1) is 0 Å². The van der Waals surface area contributed by atoms with Crippen molar-refractivity contribution >= 4 is 21.7 Å². The van der Waals surface area contributed by atoms with Crippen molar-refractivity contribution in [2.75, 3.05) is 0 Å². The minimum atomic E-state index is 0.244. The molecule has 1 fully saturated rings. The summed E-state index contributed by atoms with van der Waals surface area (Å²) in [5, 5.41) is 4.22. The van der Waals surface area contributed by atoms with E-state index < -0.39 is 0 Å². The lowest BCUT2D eigenvalue weighted by Crippen LogP contribution is -2.25. The zero-order chi connectivity index (χ0) is 10.8. The average Bonchev–Trinajstić information content (AvgIpc) is 2.45. The third-order valence-corrected chi connectivity index (χ3v) is 3.52. The van der Waals surface area contributed by atoms with Crippen molar-refractivity contribution in [2.45, 2.75) is 39.2 Å². The first kappa shape index (κ1) is 10.9. The van der Waals surface area contributed by atoms with E-state index >= 15 is 0 Å². The Bertz CT molecular complexity index is 369. The van der Waals surface area contributed by atoms with Gasteiger partial charge in [0.05, 0.1) is 10.7 Å². The number of Topliss-reactive ketones (excluding diaryl/α,β-unsaturated/α-hetero) is 1. The van der Waals surface area contributed by atoms with Crippen molar-refractivity contribution in [2.24, 2.45) is 5.92 Å². The SMILES string of the molecule is CCCn1ncc(Br)c1C(=O)C1CCC1. The van der Waals surface area contributed by atoms with Gasteiger partial charge in [0.1, 0.15) is 5.69 Å². The van der Waals surface area contributed by atoms with Crippen molar-refractivity contribution in [3.8, 4) is 0 Å². The van der Waals surface area contributed by atoms with Crippen molar-refractivity contribution in [3.05, 3.63) is 16.4 Å². The Morgan fingerprint density at radius 3 is 2.93 bits per heavy atom. The van der Waals surface area contributed by atoms with E-state index in [1.807, 2.05) is 4.68 Å². The van der Waals surface area contributed by atoms with Gasteiger partial charge in [-0.25, -0.2) is 0 Å². The van der Waals surface area contributed by atoms with Crippen LogP contribution in [-0.4, -0.2) is 15.6 Å². The van der Waals surface area contributed by atoms with E-state index in [4.69, 9.17) is 0 Å². The Morgan fingerprint density at radius 2 is 2.40 bits per heavy atom. The Kier molecular flexibility index (Phi) is 3.24. The van der Waals surface area contributed by atoms with Crippen LogP contribution in [0.3, 0.4) is 0 Å². The van der Waals surface area contributed by atoms with Crippen molar-refractivity contribution < 1.29 is 4.79 Å². The highest BCUT2D eigenvalue weighted by Crippen LogP contribution is 2.31. The van der Waals surface area contributed by atoms with E-state index in [1.54, 1.807) is 6.20 Å². The van der Waals surface area contributed by atoms with Crippen LogP contribution >= 0.6 is 15.9 Å². The number of hydrogen-bond donors (Lipinski definition) is 0. The smallest absolute Gasteiger partial charge is 0.185 e. The molecule has 0 aromatic carbocycles. The molecule has 15 heavy (non-hydrogen) atoms. The van der Waals surface area contributed by atoms with Crippen LogP contribution in [0.25, 0.3) is 0 Å². The second-order valence-electron chi connectivity index (χ2n) is 4.06. The topological polar surface area (TPSA) is 34.9 Å². The monoisotopic (exact) mass is 270 g/mol. The summed E-state index contributed by atoms with van der Waals surface area (Å²) < 4.78 is 2.66. The molecule has 0 saturated heterocycles. The van der Waals surface area contributed by atoms with Gasteiger partial charge in [0, 0.05) is 12.5 Å². The number of hydrogen-bond acceptors (Lipinski definition) is 2. The highest BCUT2D eigenvalue weighted by molar-refractivity contribution is 9.10. The van der Waals surface area contributed by atoms with Gasteiger partial charge in [0.15, 0.2) is 5.78 Å². The zero-order valence-electron chi connectivity index (χ0n) is 8.87. The van der Waals surface area contributed by atoms with Gasteiger partial charge in [-0.05, 0) is 35.2 Å². The van der Waals surface area contributed by atoms with Crippen molar-refractivity contribution in [3.63, 3.8) is 0 Å². The summed E-state index contributed by atoms with van der Waals surface area (Å²) in [5.74, 6) is 0.507. The first-order valence-electron chi connectivity index (χ1n) is 5.49. The molecule has 1 heterocycles. The molecule has 2 rings (SSSR count). The summed E-state index contributed by atoms with van der Waals surface area (Å²) in [5.41, 5.74) is 0.765. The second kappa shape index (κ2) is 4.47. The summed E-state index contributed by atoms with van der Waals surface area (Å²) in [6.45, 7) is 2.91. The third-order valence-electron chi connectivity index (χ3n) is 2.94. The maximum absolute atomic E-state index is 12.1. The van der Waals surface area contributed by atoms with Crippen LogP contribution in [0.4, 0.5) is 0 Å². The number of ketones is 1. The fourth-order valence-electron chi connectivity index (χ4n) is 1.85. The number of aryl methyl sites for hydroxylation is 1. The largest absolute Gasteiger partial charge is 0.292 e. The summed E-state index contributed by atoms with van der Waals surface area (Å²) in [7, 11) is 0. The van der Waals surface area contributed by atoms with Crippen LogP contribution in [0.2, 0.25) is 0 Å². The third kappa shape index (κ3) is 2.00. The van der Waals surface area contributed by atoms with Crippen LogP contribution < -0.4 is 0 Å². The number of carbonyl (C=O) groups excluding carboxylic acids is 1. The van der Waals surface area contributed by atoms with E-state index in [0.29, 0.717) is 0 Å². The van der Waals surface area contributed by atoms with E-state index in [9.17, 15) is 4.79 Å². The van der Waals surface area contributed by atoms with Gasteiger partial charge in [-0.3, -0.25) is 9.48 Å². The molecule has 0 unspecified atom stereocenters. The summed E-state index contributed by atoms with van der Waals surface area (Å²) >= 11 is 3.41. The van der Waals surface area contributed by atoms with Crippen LogP contribution in [0, 0.1) is 5.92 Å². The average molecular weight is 271 g/mol. The highest BCUT2D eigenvalue weighted by Gasteiger charge is 2.29. The molecule has 0 bridgehead atoms. The molecule has 1 aromatic rings. The summed E-state index contributed by atoms with van der Waals surface area (Å²) in [6, 6.07) is 0. The number of halogens is 1. The van der Waals surface area contributed by atoms with Crippen molar-refractivity contribution in [1.82, 2.24) is 9.78 Å². The fourth-order valence-corrected chi connectivity index (χ4v) is 2.34. The molecule has 1 aliphatic carbocycles. The molecule has 0 aliphatic heterocycles. The Hall–Kier alpha value is -0.640. The molecule has 1 aromatic heterocycles. The van der Waals surface area contributed by atoms with Gasteiger partial charge in [-0.2, -0.15) is 5.10 Å². The number of rotatable bonds is 4. The van der Waals surface area contributed by atoms with Crippen LogP contribution in [-0.2, 0) is 6.54 Å². The first-order valence-corrected chi connectivity index (χ1v) is 6.29. The molecule has 82 valence electrons. The van der Waals surface area contributed by atoms with Crippen LogP contribution in [0.15, 0.2) is 10.7 Å². The lowest BCUT2D eigenvalue weighted by molar-refractivity contribution is 0.0842. The van der Waals surface area contributed by atoms with E-state index in [0.717, 1.165) is 36.0 Å². The Labute approximate surface area is 98.0 Å². The van der Waals surface area contributed by atoms with Gasteiger partial charge >= 0.3 is 0 Å². The lowest BCUT2D eigenvalue weighted by Gasteiger charge is -2.24. The second-order valence-corrected chi connectivity index (χ2v) is 4.91. The predicted octanol–water partition coefficient (Wildman–Crippen LogP) is 3.04. The van der Waals surface area contributed by atoms with Crippen LogP contribution in [0.5, 0.6) is 0 Å². The van der Waals surface area contributed by atoms with E-state index in [2.05, 4.69) is 28.0 Å². The molecule has 4 heteroatoms. The molecule has 0 radical (unpaired) electrons. The Balaban J connectivity index is 2.24. The summed E-state index contributed by atoms with van der Waals surface area (Å²) in [6.07, 6.45) is 6.00. The number of aromatic nitrogens is 2. The van der Waals surface area contributed by atoms with Crippen molar-refractivity contribution in [1.29, 1.82) is 0 Å². The number of carbonyl (C=O) groups is 1. The molecule has 1 saturated carbocycles. The molecule has 0 N–H and O–H groups in total. The molecule has 0 atom stereocenters. The predicted molar refractivity (Wildman–Crippen MR) is 61.9 cm³/mol. The molecular weight excluding hydrogens is 256 g/mol. The standard InChI is InChI=1S/C11H15BrN2O/c1-2-6-14-10(9(12)7-13-14)11(15)8-4-3-5-8/h7-8H,2-6H2,1H3. The Morgan fingerprint density at radius 1 is 1.67 bits per heavy atom. The normalized spacial score (nSPS) is 16.4.